The summed E-state index contributed by atoms with van der Waals surface area (Å²) in [5.41, 5.74) is 3.12. The minimum Gasteiger partial charge on any atom is -0.308 e. The van der Waals surface area contributed by atoms with Crippen LogP contribution in [-0.2, 0) is 0 Å². The van der Waals surface area contributed by atoms with Crippen LogP contribution in [0.2, 0.25) is 0 Å². The van der Waals surface area contributed by atoms with Crippen molar-refractivity contribution in [3.05, 3.63) is 102 Å². The largest absolute Gasteiger partial charge is 0.308 e. The fraction of sp³-hybridized carbons (Fsp3) is 0.341. The van der Waals surface area contributed by atoms with Crippen LogP contribution in [0.4, 0.5) is 5.69 Å². The zero-order valence-electron chi connectivity index (χ0n) is 29.7. The monoisotopic (exact) mass is 686 g/mol. The van der Waals surface area contributed by atoms with Gasteiger partial charge in [0, 0.05) is 70.8 Å². The second-order valence-corrected chi connectivity index (χ2v) is 13.4. The molecule has 0 spiro atoms. The van der Waals surface area contributed by atoms with E-state index in [1.165, 1.54) is 37.1 Å². The number of nitrogens with zero attached hydrogens (tertiary/aromatic N) is 5. The van der Waals surface area contributed by atoms with E-state index in [0.717, 1.165) is 47.4 Å². The second-order valence-electron chi connectivity index (χ2n) is 13.4. The van der Waals surface area contributed by atoms with Crippen LogP contribution in [0.3, 0.4) is 0 Å². The van der Waals surface area contributed by atoms with Gasteiger partial charge in [0.25, 0.3) is 23.6 Å². The van der Waals surface area contributed by atoms with Gasteiger partial charge >= 0.3 is 0 Å². The number of nitrogens with one attached hydrogen (secondary N) is 1. The van der Waals surface area contributed by atoms with E-state index in [1.54, 1.807) is 36.6 Å². The number of carbonyl (C=O) groups excluding carboxylic acids is 4. The van der Waals surface area contributed by atoms with Crippen LogP contribution in [-0.4, -0.2) is 97.5 Å². The molecule has 10 heteroatoms. The topological polar surface area (TPSA) is 106 Å². The molecular weight excluding hydrogens is 640 g/mol. The quantitative estimate of drug-likeness (QED) is 0.0993. The van der Waals surface area contributed by atoms with Gasteiger partial charge in [0.1, 0.15) is 0 Å². The summed E-state index contributed by atoms with van der Waals surface area (Å²) in [6.45, 7) is 10.4. The summed E-state index contributed by atoms with van der Waals surface area (Å²) >= 11 is 0. The van der Waals surface area contributed by atoms with Crippen LogP contribution < -0.4 is 10.2 Å². The first-order chi connectivity index (χ1) is 24.8. The summed E-state index contributed by atoms with van der Waals surface area (Å²) in [4.78, 5) is 62.1. The van der Waals surface area contributed by atoms with Gasteiger partial charge in [-0.25, -0.2) is 0 Å². The van der Waals surface area contributed by atoms with Crippen LogP contribution >= 0.6 is 0 Å². The molecule has 1 fully saturated rings. The summed E-state index contributed by atoms with van der Waals surface area (Å²) in [6.07, 6.45) is 9.66. The van der Waals surface area contributed by atoms with Gasteiger partial charge < -0.3 is 14.7 Å². The predicted molar refractivity (Wildman–Crippen MR) is 204 cm³/mol. The molecule has 2 heterocycles. The van der Waals surface area contributed by atoms with E-state index in [1.807, 2.05) is 54.6 Å². The van der Waals surface area contributed by atoms with Crippen molar-refractivity contribution in [2.45, 2.75) is 45.1 Å². The lowest BCUT2D eigenvalue weighted by atomic mass is 9.91. The van der Waals surface area contributed by atoms with Crippen LogP contribution in [0.1, 0.15) is 80.5 Å². The Balaban J connectivity index is 0.000000246. The molecule has 0 bridgehead atoms. The fourth-order valence-corrected chi connectivity index (χ4v) is 7.29. The number of likely N-dealkylation sites (N-methyl/N-ethyl adjacent to an activating group) is 1. The molecule has 1 aliphatic carbocycles. The predicted octanol–water partition coefficient (Wildman–Crippen LogP) is 6.35. The molecule has 4 aromatic carbocycles. The molecule has 0 radical (unpaired) electrons. The van der Waals surface area contributed by atoms with Crippen LogP contribution in [0.15, 0.2) is 84.5 Å². The smallest absolute Gasteiger partial charge is 0.261 e. The van der Waals surface area contributed by atoms with E-state index in [9.17, 15) is 19.2 Å². The Morgan fingerprint density at radius 3 is 2.08 bits per heavy atom. The third-order valence-corrected chi connectivity index (χ3v) is 10.1. The third kappa shape index (κ3) is 7.20. The van der Waals surface area contributed by atoms with Crippen molar-refractivity contribution in [1.29, 1.82) is 0 Å². The molecule has 3 aliphatic rings. The average molecular weight is 687 g/mol. The number of rotatable bonds is 13. The van der Waals surface area contributed by atoms with Crippen molar-refractivity contribution in [3.63, 3.8) is 0 Å². The van der Waals surface area contributed by atoms with Crippen molar-refractivity contribution in [3.8, 4) is 0 Å². The van der Waals surface area contributed by atoms with Crippen LogP contribution in [0, 0.1) is 0 Å². The highest BCUT2D eigenvalue weighted by molar-refractivity contribution is 6.27. The minimum atomic E-state index is -0.315. The molecule has 1 N–H and O–H groups in total. The van der Waals surface area contributed by atoms with Gasteiger partial charge in [0.05, 0.1) is 12.0 Å². The van der Waals surface area contributed by atoms with Crippen LogP contribution in [0.5, 0.6) is 0 Å². The number of hydrogen-bond donors (Lipinski definition) is 1. The lowest BCUT2D eigenvalue weighted by molar-refractivity contribution is 0.0594. The zero-order chi connectivity index (χ0) is 36.1. The number of hydrogen-bond acceptors (Lipinski definition) is 7. The Hall–Kier alpha value is -5.19. The van der Waals surface area contributed by atoms with Crippen molar-refractivity contribution in [1.82, 2.24) is 20.0 Å². The highest BCUT2D eigenvalue weighted by Crippen LogP contribution is 2.36. The van der Waals surface area contributed by atoms with Crippen molar-refractivity contribution < 1.29 is 19.2 Å². The molecule has 4 aromatic rings. The van der Waals surface area contributed by atoms with E-state index in [4.69, 9.17) is 0 Å². The highest BCUT2D eigenvalue weighted by atomic mass is 16.2. The van der Waals surface area contributed by atoms with Gasteiger partial charge in [0.15, 0.2) is 0 Å². The molecule has 0 unspecified atom stereocenters. The Labute approximate surface area is 299 Å². The van der Waals surface area contributed by atoms with E-state index in [0.29, 0.717) is 40.7 Å². The molecule has 4 amide bonds. The average Bonchev–Trinajstić information content (AvgIpc) is 3.11. The molecule has 1 saturated carbocycles. The summed E-state index contributed by atoms with van der Waals surface area (Å²) in [6, 6.07) is 21.0. The Morgan fingerprint density at radius 1 is 0.824 bits per heavy atom. The third-order valence-electron chi connectivity index (χ3n) is 10.1. The first kappa shape index (κ1) is 35.6. The number of anilines is 1. The molecule has 0 atom stereocenters. The summed E-state index contributed by atoms with van der Waals surface area (Å²) in [5.74, 6) is -1.08. The molecule has 264 valence electrons. The summed E-state index contributed by atoms with van der Waals surface area (Å²) < 4.78 is 0. The molecule has 10 nitrogen and oxygen atoms in total. The molecule has 51 heavy (non-hydrogen) atoms. The lowest BCUT2D eigenvalue weighted by Crippen LogP contribution is -2.45. The van der Waals surface area contributed by atoms with E-state index >= 15 is 0 Å². The van der Waals surface area contributed by atoms with Crippen LogP contribution in [0.25, 0.3) is 21.5 Å². The van der Waals surface area contributed by atoms with Gasteiger partial charge in [0.2, 0.25) is 0 Å². The van der Waals surface area contributed by atoms with E-state index < -0.39 is 0 Å². The maximum absolute atomic E-state index is 13.4. The maximum Gasteiger partial charge on any atom is 0.261 e. The van der Waals surface area contributed by atoms with E-state index in [2.05, 4.69) is 40.7 Å². The Bertz CT molecular complexity index is 1950. The van der Waals surface area contributed by atoms with Crippen molar-refractivity contribution in [2.24, 2.45) is 4.99 Å². The number of carbonyl (C=O) groups is 4. The molecule has 7 rings (SSSR count). The normalized spacial score (nSPS) is 15.4. The number of amides is 4. The number of aliphatic imine (C=N–C) groups is 1. The molecular formula is C41H46N6O4. The summed E-state index contributed by atoms with van der Waals surface area (Å²) in [5, 5.41) is 5.55. The Kier molecular flexibility index (Phi) is 11.0. The van der Waals surface area contributed by atoms with Gasteiger partial charge in [-0.2, -0.15) is 0 Å². The fourth-order valence-electron chi connectivity index (χ4n) is 7.29. The number of imide groups is 2. The van der Waals surface area contributed by atoms with Gasteiger partial charge in [-0.05, 0) is 88.1 Å². The van der Waals surface area contributed by atoms with Crippen molar-refractivity contribution in [2.75, 3.05) is 51.7 Å². The highest BCUT2D eigenvalue weighted by Gasteiger charge is 2.33. The maximum atomic E-state index is 13.4. The first-order valence-electron chi connectivity index (χ1n) is 17.8. The Morgan fingerprint density at radius 2 is 1.47 bits per heavy atom. The summed E-state index contributed by atoms with van der Waals surface area (Å²) in [7, 11) is 3.77. The molecule has 0 saturated heterocycles. The minimum absolute atomic E-state index is 0.225. The SMILES string of the molecule is C=CN(C=NC)c1ccc2c3c(cccc13)C(=O)N(CCN(C)CCCN(CCC)C1CCC1)C2=O.O=C1NC(=O)c2cccc3cccc1c23. The second kappa shape index (κ2) is 15.8. The first-order valence-corrected chi connectivity index (χ1v) is 17.8. The number of benzene rings is 4. The zero-order valence-corrected chi connectivity index (χ0v) is 29.7. The lowest BCUT2D eigenvalue weighted by Gasteiger charge is -2.37. The molecule has 0 aromatic heterocycles. The standard InChI is InChI=1S/C29H39N5O2.C12H7NO2/c1-5-16-33(22-10-7-11-22)18-9-17-31(4)19-20-34-28(35)24-13-8-12-23-26(32(6-2)21-30-3)15-14-25(27(23)24)29(34)36;14-11-8-5-1-3-7-4-2-6-9(10(7)8)12(15)13-11/h6,8,12-15,21-22H,2,5,7,9-11,16-20H2,1,3-4H3;1-6H,(H,13,14,15). The van der Waals surface area contributed by atoms with Crippen molar-refractivity contribution >= 4 is 57.2 Å². The molecule has 2 aliphatic heterocycles. The van der Waals surface area contributed by atoms with Gasteiger partial charge in [-0.1, -0.05) is 56.3 Å². The van der Waals surface area contributed by atoms with Gasteiger partial charge in [-0.15, -0.1) is 0 Å². The van der Waals surface area contributed by atoms with E-state index in [-0.39, 0.29) is 23.6 Å². The van der Waals surface area contributed by atoms with Gasteiger partial charge in [-0.3, -0.25) is 34.4 Å².